The van der Waals surface area contributed by atoms with Crippen LogP contribution in [-0.2, 0) is 13.0 Å². The third-order valence-electron chi connectivity index (χ3n) is 3.98. The lowest BCUT2D eigenvalue weighted by atomic mass is 10.0. The SMILES string of the molecule is CNCc1ccc(N2CCc3sccc3C2C)c(Cl)c1. The van der Waals surface area contributed by atoms with Crippen molar-refractivity contribution in [3.63, 3.8) is 0 Å². The lowest BCUT2D eigenvalue weighted by Crippen LogP contribution is -2.33. The van der Waals surface area contributed by atoms with Gasteiger partial charge in [-0.15, -0.1) is 11.3 Å². The first-order valence-corrected chi connectivity index (χ1v) is 8.22. The van der Waals surface area contributed by atoms with Crippen LogP contribution in [0.4, 0.5) is 5.69 Å². The smallest absolute Gasteiger partial charge is 0.0642 e. The molecule has 0 radical (unpaired) electrons. The van der Waals surface area contributed by atoms with Crippen LogP contribution in [0.1, 0.15) is 29.0 Å². The molecule has 1 aliphatic heterocycles. The number of anilines is 1. The van der Waals surface area contributed by atoms with Gasteiger partial charge in [-0.25, -0.2) is 0 Å². The number of nitrogens with zero attached hydrogens (tertiary/aromatic N) is 1. The Balaban J connectivity index is 1.90. The van der Waals surface area contributed by atoms with Crippen molar-refractivity contribution in [1.29, 1.82) is 0 Å². The second-order valence-electron chi connectivity index (χ2n) is 5.23. The summed E-state index contributed by atoms with van der Waals surface area (Å²) in [6.07, 6.45) is 1.12. The van der Waals surface area contributed by atoms with Gasteiger partial charge in [-0.3, -0.25) is 0 Å². The highest BCUT2D eigenvalue weighted by Crippen LogP contribution is 2.38. The van der Waals surface area contributed by atoms with Crippen LogP contribution in [0.25, 0.3) is 0 Å². The van der Waals surface area contributed by atoms with E-state index < -0.39 is 0 Å². The highest BCUT2D eigenvalue weighted by molar-refractivity contribution is 7.10. The van der Waals surface area contributed by atoms with E-state index in [1.807, 2.05) is 18.4 Å². The van der Waals surface area contributed by atoms with Crippen molar-refractivity contribution in [2.24, 2.45) is 0 Å². The highest BCUT2D eigenvalue weighted by Gasteiger charge is 2.26. The quantitative estimate of drug-likeness (QED) is 0.912. The first-order chi connectivity index (χ1) is 9.70. The molecule has 1 aromatic carbocycles. The average Bonchev–Trinajstić information content (AvgIpc) is 2.90. The number of nitrogens with one attached hydrogen (secondary N) is 1. The standard InChI is InChI=1S/C16H19ClN2S/c1-11-13-6-8-20-16(13)5-7-19(11)15-4-3-12(10-18-2)9-14(15)17/h3-4,6,8-9,11,18H,5,7,10H2,1-2H3. The van der Waals surface area contributed by atoms with E-state index in [1.165, 1.54) is 16.0 Å². The molecule has 1 aromatic heterocycles. The van der Waals surface area contributed by atoms with Crippen molar-refractivity contribution in [3.8, 4) is 0 Å². The zero-order valence-electron chi connectivity index (χ0n) is 11.8. The molecule has 3 rings (SSSR count). The zero-order valence-corrected chi connectivity index (χ0v) is 13.4. The average molecular weight is 307 g/mol. The number of benzene rings is 1. The summed E-state index contributed by atoms with van der Waals surface area (Å²) in [6.45, 7) is 4.16. The predicted molar refractivity (Wildman–Crippen MR) is 88.0 cm³/mol. The van der Waals surface area contributed by atoms with Gasteiger partial charge in [-0.2, -0.15) is 0 Å². The summed E-state index contributed by atoms with van der Waals surface area (Å²) in [5.74, 6) is 0. The van der Waals surface area contributed by atoms with Crippen molar-refractivity contribution < 1.29 is 0 Å². The van der Waals surface area contributed by atoms with Crippen molar-refractivity contribution in [1.82, 2.24) is 5.32 Å². The normalized spacial score (nSPS) is 18.1. The summed E-state index contributed by atoms with van der Waals surface area (Å²) in [5.41, 5.74) is 3.83. The maximum Gasteiger partial charge on any atom is 0.0642 e. The van der Waals surface area contributed by atoms with Gasteiger partial charge in [0.1, 0.15) is 0 Å². The van der Waals surface area contributed by atoms with E-state index in [0.29, 0.717) is 6.04 Å². The van der Waals surface area contributed by atoms with E-state index in [0.717, 1.165) is 30.2 Å². The summed E-state index contributed by atoms with van der Waals surface area (Å²) in [6, 6.07) is 9.04. The minimum atomic E-state index is 0.401. The van der Waals surface area contributed by atoms with Crippen LogP contribution in [0.2, 0.25) is 5.02 Å². The monoisotopic (exact) mass is 306 g/mol. The van der Waals surface area contributed by atoms with Crippen LogP contribution in [-0.4, -0.2) is 13.6 Å². The van der Waals surface area contributed by atoms with Crippen LogP contribution < -0.4 is 10.2 Å². The molecule has 0 fully saturated rings. The molecule has 1 atom stereocenters. The Kier molecular flexibility index (Phi) is 4.01. The van der Waals surface area contributed by atoms with Crippen molar-refractivity contribution in [2.45, 2.75) is 25.9 Å². The Morgan fingerprint density at radius 3 is 3.00 bits per heavy atom. The van der Waals surface area contributed by atoms with E-state index in [4.69, 9.17) is 11.6 Å². The number of hydrogen-bond acceptors (Lipinski definition) is 3. The van der Waals surface area contributed by atoms with Gasteiger partial charge in [0.2, 0.25) is 0 Å². The first-order valence-electron chi connectivity index (χ1n) is 6.96. The number of rotatable bonds is 3. The van der Waals surface area contributed by atoms with E-state index >= 15 is 0 Å². The maximum atomic E-state index is 6.50. The topological polar surface area (TPSA) is 15.3 Å². The molecule has 2 heterocycles. The fourth-order valence-electron chi connectivity index (χ4n) is 2.94. The van der Waals surface area contributed by atoms with Gasteiger partial charge in [0.05, 0.1) is 16.8 Å². The molecule has 0 spiro atoms. The van der Waals surface area contributed by atoms with Gasteiger partial charge in [0.25, 0.3) is 0 Å². The molecule has 0 aliphatic carbocycles. The van der Waals surface area contributed by atoms with Gasteiger partial charge < -0.3 is 10.2 Å². The minimum Gasteiger partial charge on any atom is -0.363 e. The molecule has 0 saturated heterocycles. The van der Waals surface area contributed by atoms with Crippen LogP contribution in [0.3, 0.4) is 0 Å². The van der Waals surface area contributed by atoms with Gasteiger partial charge in [0.15, 0.2) is 0 Å². The van der Waals surface area contributed by atoms with Crippen molar-refractivity contribution in [3.05, 3.63) is 50.7 Å². The Morgan fingerprint density at radius 2 is 2.25 bits per heavy atom. The molecule has 0 amide bonds. The number of thiophene rings is 1. The third-order valence-corrected chi connectivity index (χ3v) is 5.28. The Morgan fingerprint density at radius 1 is 1.40 bits per heavy atom. The van der Waals surface area contributed by atoms with E-state index in [9.17, 15) is 0 Å². The summed E-state index contributed by atoms with van der Waals surface area (Å²) in [4.78, 5) is 3.94. The van der Waals surface area contributed by atoms with E-state index in [-0.39, 0.29) is 0 Å². The van der Waals surface area contributed by atoms with Gasteiger partial charge >= 0.3 is 0 Å². The van der Waals surface area contributed by atoms with Crippen LogP contribution in [0.15, 0.2) is 29.6 Å². The molecule has 1 N–H and O–H groups in total. The molecule has 0 bridgehead atoms. The summed E-state index contributed by atoms with van der Waals surface area (Å²) >= 11 is 8.37. The van der Waals surface area contributed by atoms with Gasteiger partial charge in [0, 0.05) is 18.0 Å². The van der Waals surface area contributed by atoms with Crippen LogP contribution in [0, 0.1) is 0 Å². The van der Waals surface area contributed by atoms with Crippen molar-refractivity contribution in [2.75, 3.05) is 18.5 Å². The largest absolute Gasteiger partial charge is 0.363 e. The summed E-state index contributed by atoms with van der Waals surface area (Å²) in [7, 11) is 1.95. The Bertz CT molecular complexity index is 608. The second kappa shape index (κ2) is 5.76. The number of hydrogen-bond donors (Lipinski definition) is 1. The summed E-state index contributed by atoms with van der Waals surface area (Å²) in [5, 5.41) is 6.20. The molecule has 4 heteroatoms. The Labute approximate surface area is 129 Å². The zero-order chi connectivity index (χ0) is 14.1. The fourth-order valence-corrected chi connectivity index (χ4v) is 4.21. The van der Waals surface area contributed by atoms with Gasteiger partial charge in [-0.05, 0) is 55.1 Å². The fraction of sp³-hybridized carbons (Fsp3) is 0.375. The second-order valence-corrected chi connectivity index (χ2v) is 6.64. The molecule has 2 aromatic rings. The minimum absolute atomic E-state index is 0.401. The van der Waals surface area contributed by atoms with E-state index in [1.54, 1.807) is 0 Å². The molecule has 20 heavy (non-hydrogen) atoms. The number of fused-ring (bicyclic) bond motifs is 1. The summed E-state index contributed by atoms with van der Waals surface area (Å²) < 4.78 is 0. The lowest BCUT2D eigenvalue weighted by molar-refractivity contribution is 0.633. The molecular formula is C16H19ClN2S. The highest BCUT2D eigenvalue weighted by atomic mass is 35.5. The molecular weight excluding hydrogens is 288 g/mol. The number of halogens is 1. The van der Waals surface area contributed by atoms with E-state index in [2.05, 4.69) is 46.8 Å². The van der Waals surface area contributed by atoms with Crippen molar-refractivity contribution >= 4 is 28.6 Å². The maximum absolute atomic E-state index is 6.50. The molecule has 1 unspecified atom stereocenters. The first kappa shape index (κ1) is 13.9. The molecule has 0 saturated carbocycles. The lowest BCUT2D eigenvalue weighted by Gasteiger charge is -2.36. The molecule has 106 valence electrons. The van der Waals surface area contributed by atoms with Crippen LogP contribution in [0.5, 0.6) is 0 Å². The Hall–Kier alpha value is -1.03. The van der Waals surface area contributed by atoms with Gasteiger partial charge in [-0.1, -0.05) is 17.7 Å². The molecule has 2 nitrogen and oxygen atoms in total. The third kappa shape index (κ3) is 2.46. The van der Waals surface area contributed by atoms with Crippen LogP contribution >= 0.6 is 22.9 Å². The molecule has 1 aliphatic rings. The predicted octanol–water partition coefficient (Wildman–Crippen LogP) is 4.24.